The first-order chi connectivity index (χ1) is 8.24. The van der Waals surface area contributed by atoms with Gasteiger partial charge in [-0.05, 0) is 19.1 Å². The average Bonchev–Trinajstić information content (AvgIpc) is 2.86. The van der Waals surface area contributed by atoms with E-state index in [9.17, 15) is 4.79 Å². The van der Waals surface area contributed by atoms with E-state index in [1.54, 1.807) is 25.3 Å². The van der Waals surface area contributed by atoms with Crippen LogP contribution in [0.25, 0.3) is 5.65 Å². The molecule has 0 saturated heterocycles. The molecule has 86 valence electrons. The van der Waals surface area contributed by atoms with Gasteiger partial charge in [-0.1, -0.05) is 11.2 Å². The highest BCUT2D eigenvalue weighted by Gasteiger charge is 2.10. The van der Waals surface area contributed by atoms with Gasteiger partial charge in [-0.25, -0.2) is 9.48 Å². The molecule has 0 aliphatic rings. The third-order valence-corrected chi connectivity index (χ3v) is 2.34. The van der Waals surface area contributed by atoms with Gasteiger partial charge in [-0.3, -0.25) is 4.40 Å². The molecule has 0 aliphatic carbocycles. The fraction of sp³-hybridized carbons (Fsp3) is 0.200. The molecule has 0 aliphatic heterocycles. The Morgan fingerprint density at radius 2 is 2.29 bits per heavy atom. The van der Waals surface area contributed by atoms with Crippen LogP contribution in [-0.2, 0) is 6.54 Å². The number of hydrogen-bond acceptors (Lipinski definition) is 5. The second-order valence-corrected chi connectivity index (χ2v) is 3.60. The Balaban J connectivity index is 2.06. The standard InChI is InChI=1S/C10H9N5O2/c1-7-11-9(17-13-7)6-15-10(16)14-5-3-2-4-8(14)12-15/h2-5H,6H2,1H3. The van der Waals surface area contributed by atoms with Crippen LogP contribution in [0.1, 0.15) is 11.7 Å². The third kappa shape index (κ3) is 1.61. The van der Waals surface area contributed by atoms with E-state index in [-0.39, 0.29) is 12.2 Å². The number of aryl methyl sites for hydroxylation is 1. The quantitative estimate of drug-likeness (QED) is 0.631. The van der Waals surface area contributed by atoms with Gasteiger partial charge in [0.1, 0.15) is 6.54 Å². The Kier molecular flexibility index (Phi) is 2.04. The largest absolute Gasteiger partial charge is 0.350 e. The second-order valence-electron chi connectivity index (χ2n) is 3.60. The van der Waals surface area contributed by atoms with Gasteiger partial charge in [-0.2, -0.15) is 4.98 Å². The summed E-state index contributed by atoms with van der Waals surface area (Å²) in [7, 11) is 0. The van der Waals surface area contributed by atoms with Crippen LogP contribution in [0.2, 0.25) is 0 Å². The number of nitrogens with zero attached hydrogens (tertiary/aromatic N) is 5. The fourth-order valence-electron chi connectivity index (χ4n) is 1.60. The number of hydrogen-bond donors (Lipinski definition) is 0. The molecule has 7 nitrogen and oxygen atoms in total. The summed E-state index contributed by atoms with van der Waals surface area (Å²) in [5.41, 5.74) is 0.366. The Morgan fingerprint density at radius 1 is 1.41 bits per heavy atom. The topological polar surface area (TPSA) is 78.2 Å². The Bertz CT molecular complexity index is 723. The van der Waals surface area contributed by atoms with Crippen molar-refractivity contribution in [2.24, 2.45) is 0 Å². The van der Waals surface area contributed by atoms with Gasteiger partial charge in [0.25, 0.3) is 0 Å². The Hall–Kier alpha value is -2.44. The summed E-state index contributed by atoms with van der Waals surface area (Å²) in [4.78, 5) is 15.9. The van der Waals surface area contributed by atoms with E-state index in [1.165, 1.54) is 9.08 Å². The number of aromatic nitrogens is 5. The van der Waals surface area contributed by atoms with E-state index in [4.69, 9.17) is 4.52 Å². The first kappa shape index (κ1) is 9.76. The highest BCUT2D eigenvalue weighted by atomic mass is 16.5. The maximum absolute atomic E-state index is 11.9. The zero-order valence-electron chi connectivity index (χ0n) is 9.07. The predicted octanol–water partition coefficient (Wildman–Crippen LogP) is 0.236. The van der Waals surface area contributed by atoms with Crippen LogP contribution >= 0.6 is 0 Å². The van der Waals surface area contributed by atoms with Gasteiger partial charge < -0.3 is 4.52 Å². The highest BCUT2D eigenvalue weighted by molar-refractivity contribution is 5.35. The maximum atomic E-state index is 11.9. The van der Waals surface area contributed by atoms with E-state index in [2.05, 4.69) is 15.2 Å². The van der Waals surface area contributed by atoms with Gasteiger partial charge >= 0.3 is 5.69 Å². The summed E-state index contributed by atoms with van der Waals surface area (Å²) in [6.07, 6.45) is 1.67. The molecule has 7 heteroatoms. The van der Waals surface area contributed by atoms with Crippen LogP contribution in [0.15, 0.2) is 33.7 Å². The monoisotopic (exact) mass is 231 g/mol. The van der Waals surface area contributed by atoms with Crippen molar-refractivity contribution < 1.29 is 4.52 Å². The second kappa shape index (κ2) is 3.55. The molecule has 0 spiro atoms. The lowest BCUT2D eigenvalue weighted by atomic mass is 10.5. The molecule has 0 N–H and O–H groups in total. The first-order valence-corrected chi connectivity index (χ1v) is 5.07. The van der Waals surface area contributed by atoms with Gasteiger partial charge in [0.05, 0.1) is 0 Å². The van der Waals surface area contributed by atoms with Gasteiger partial charge in [-0.15, -0.1) is 5.10 Å². The summed E-state index contributed by atoms with van der Waals surface area (Å²) < 4.78 is 7.70. The number of pyridine rings is 1. The minimum absolute atomic E-state index is 0.182. The normalized spacial score (nSPS) is 11.1. The minimum atomic E-state index is -0.226. The van der Waals surface area contributed by atoms with Gasteiger partial charge in [0, 0.05) is 6.20 Å². The molecule has 0 bridgehead atoms. The molecule has 0 atom stereocenters. The molecule has 0 fully saturated rings. The first-order valence-electron chi connectivity index (χ1n) is 5.07. The SMILES string of the molecule is Cc1noc(Cn2nc3ccccn3c2=O)n1. The molecule has 0 radical (unpaired) electrons. The molecule has 17 heavy (non-hydrogen) atoms. The average molecular weight is 231 g/mol. The molecule has 3 aromatic heterocycles. The molecular weight excluding hydrogens is 222 g/mol. The van der Waals surface area contributed by atoms with E-state index in [0.29, 0.717) is 17.4 Å². The summed E-state index contributed by atoms with van der Waals surface area (Å²) in [5.74, 6) is 0.907. The van der Waals surface area contributed by atoms with Gasteiger partial charge in [0.15, 0.2) is 11.5 Å². The summed E-state index contributed by atoms with van der Waals surface area (Å²) in [6.45, 7) is 1.90. The molecule has 0 amide bonds. The van der Waals surface area contributed by atoms with Gasteiger partial charge in [0.2, 0.25) is 5.89 Å². The van der Waals surface area contributed by atoms with Crippen LogP contribution in [0, 0.1) is 6.92 Å². The van der Waals surface area contributed by atoms with Crippen LogP contribution < -0.4 is 5.69 Å². The smallest absolute Gasteiger partial charge is 0.337 e. The van der Waals surface area contributed by atoms with Crippen molar-refractivity contribution in [1.29, 1.82) is 0 Å². The van der Waals surface area contributed by atoms with E-state index in [1.807, 2.05) is 6.07 Å². The highest BCUT2D eigenvalue weighted by Crippen LogP contribution is 1.99. The lowest BCUT2D eigenvalue weighted by Gasteiger charge is -1.90. The Labute approximate surface area is 95.3 Å². The third-order valence-electron chi connectivity index (χ3n) is 2.34. The van der Waals surface area contributed by atoms with E-state index >= 15 is 0 Å². The van der Waals surface area contributed by atoms with Crippen molar-refractivity contribution in [1.82, 2.24) is 24.3 Å². The molecule has 0 aromatic carbocycles. The maximum Gasteiger partial charge on any atom is 0.350 e. The molecule has 0 saturated carbocycles. The van der Waals surface area contributed by atoms with E-state index < -0.39 is 0 Å². The van der Waals surface area contributed by atoms with Crippen LogP contribution in [-0.4, -0.2) is 24.3 Å². The lowest BCUT2D eigenvalue weighted by molar-refractivity contribution is 0.361. The van der Waals surface area contributed by atoms with Crippen molar-refractivity contribution in [3.8, 4) is 0 Å². The van der Waals surface area contributed by atoms with Crippen molar-refractivity contribution >= 4 is 5.65 Å². The molecule has 3 aromatic rings. The van der Waals surface area contributed by atoms with Crippen molar-refractivity contribution in [2.45, 2.75) is 13.5 Å². The van der Waals surface area contributed by atoms with Crippen LogP contribution in [0.3, 0.4) is 0 Å². The summed E-state index contributed by atoms with van der Waals surface area (Å²) in [5, 5.41) is 7.82. The zero-order valence-corrected chi connectivity index (χ0v) is 9.07. The Morgan fingerprint density at radius 3 is 3.00 bits per heavy atom. The van der Waals surface area contributed by atoms with Crippen molar-refractivity contribution in [3.63, 3.8) is 0 Å². The molecule has 0 unspecified atom stereocenters. The predicted molar refractivity (Wildman–Crippen MR) is 57.6 cm³/mol. The minimum Gasteiger partial charge on any atom is -0.337 e. The zero-order chi connectivity index (χ0) is 11.8. The van der Waals surface area contributed by atoms with Crippen molar-refractivity contribution in [3.05, 3.63) is 46.6 Å². The molecule has 3 rings (SSSR count). The lowest BCUT2D eigenvalue weighted by Crippen LogP contribution is -2.21. The van der Waals surface area contributed by atoms with Crippen LogP contribution in [0.5, 0.6) is 0 Å². The molecular formula is C10H9N5O2. The van der Waals surface area contributed by atoms with Crippen molar-refractivity contribution in [2.75, 3.05) is 0 Å². The number of rotatable bonds is 2. The molecule has 3 heterocycles. The van der Waals surface area contributed by atoms with E-state index in [0.717, 1.165) is 0 Å². The fourth-order valence-corrected chi connectivity index (χ4v) is 1.60. The number of fused-ring (bicyclic) bond motifs is 1. The van der Waals surface area contributed by atoms with Crippen LogP contribution in [0.4, 0.5) is 0 Å². The summed E-state index contributed by atoms with van der Waals surface area (Å²) in [6, 6.07) is 5.36. The summed E-state index contributed by atoms with van der Waals surface area (Å²) >= 11 is 0.